The van der Waals surface area contributed by atoms with Gasteiger partial charge in [0.1, 0.15) is 6.26 Å². The number of aryl methyl sites for hydroxylation is 1. The van der Waals surface area contributed by atoms with Crippen molar-refractivity contribution in [2.45, 2.75) is 26.7 Å². The molecule has 162 valence electrons. The van der Waals surface area contributed by atoms with Crippen molar-refractivity contribution in [1.29, 1.82) is 0 Å². The SMILES string of the molecule is CCNC(=NCCCOCCOC)NCCc1coc(-c2ccc(C)cc2)n1.I. The Kier molecular flexibility index (Phi) is 13.3. The lowest BCUT2D eigenvalue weighted by molar-refractivity contribution is 0.0702. The molecule has 29 heavy (non-hydrogen) atoms. The first-order valence-corrected chi connectivity index (χ1v) is 9.83. The van der Waals surface area contributed by atoms with E-state index in [0.29, 0.717) is 32.3 Å². The fraction of sp³-hybridized carbons (Fsp3) is 0.524. The van der Waals surface area contributed by atoms with Crippen molar-refractivity contribution in [1.82, 2.24) is 15.6 Å². The topological polar surface area (TPSA) is 80.9 Å². The van der Waals surface area contributed by atoms with Crippen molar-refractivity contribution in [3.8, 4) is 11.5 Å². The molecule has 0 aliphatic carbocycles. The van der Waals surface area contributed by atoms with Gasteiger partial charge in [-0.1, -0.05) is 17.7 Å². The molecule has 0 saturated heterocycles. The highest BCUT2D eigenvalue weighted by Crippen LogP contribution is 2.19. The fourth-order valence-electron chi connectivity index (χ4n) is 2.50. The van der Waals surface area contributed by atoms with Crippen molar-refractivity contribution in [2.24, 2.45) is 4.99 Å². The van der Waals surface area contributed by atoms with E-state index in [1.165, 1.54) is 5.56 Å². The number of halogens is 1. The summed E-state index contributed by atoms with van der Waals surface area (Å²) in [6.45, 7) is 8.32. The van der Waals surface area contributed by atoms with Gasteiger partial charge in [-0.25, -0.2) is 4.98 Å². The molecule has 0 saturated carbocycles. The second-order valence-electron chi connectivity index (χ2n) is 6.41. The number of nitrogens with zero attached hydrogens (tertiary/aromatic N) is 2. The predicted octanol–water partition coefficient (Wildman–Crippen LogP) is 3.42. The van der Waals surface area contributed by atoms with E-state index < -0.39 is 0 Å². The minimum absolute atomic E-state index is 0. The number of methoxy groups -OCH3 is 1. The van der Waals surface area contributed by atoms with Crippen LogP contribution in [0.25, 0.3) is 11.5 Å². The Morgan fingerprint density at radius 1 is 1.14 bits per heavy atom. The number of hydrogen-bond acceptors (Lipinski definition) is 5. The molecule has 0 unspecified atom stereocenters. The van der Waals surface area contributed by atoms with Crippen LogP contribution in [-0.2, 0) is 15.9 Å². The van der Waals surface area contributed by atoms with Crippen LogP contribution < -0.4 is 10.6 Å². The van der Waals surface area contributed by atoms with Crippen LogP contribution in [0.1, 0.15) is 24.6 Å². The van der Waals surface area contributed by atoms with Gasteiger partial charge in [0.2, 0.25) is 5.89 Å². The van der Waals surface area contributed by atoms with Gasteiger partial charge in [-0.15, -0.1) is 24.0 Å². The second-order valence-corrected chi connectivity index (χ2v) is 6.41. The van der Waals surface area contributed by atoms with Crippen LogP contribution in [0, 0.1) is 6.92 Å². The number of aliphatic imine (C=N–C) groups is 1. The van der Waals surface area contributed by atoms with Crippen LogP contribution in [0.5, 0.6) is 0 Å². The summed E-state index contributed by atoms with van der Waals surface area (Å²) in [6.07, 6.45) is 3.36. The molecule has 1 heterocycles. The Bertz CT molecular complexity index is 704. The number of oxazole rings is 1. The van der Waals surface area contributed by atoms with Gasteiger partial charge in [0.25, 0.3) is 0 Å². The van der Waals surface area contributed by atoms with Crippen molar-refractivity contribution >= 4 is 29.9 Å². The molecule has 2 rings (SSSR count). The van der Waals surface area contributed by atoms with E-state index in [4.69, 9.17) is 13.9 Å². The summed E-state index contributed by atoms with van der Waals surface area (Å²) in [5.74, 6) is 1.46. The number of aromatic nitrogens is 1. The molecule has 0 amide bonds. The van der Waals surface area contributed by atoms with Crippen molar-refractivity contribution in [2.75, 3.05) is 46.6 Å². The third-order valence-electron chi connectivity index (χ3n) is 4.02. The Balaban J connectivity index is 0.00000420. The maximum absolute atomic E-state index is 5.61. The molecular formula is C21H33IN4O3. The molecule has 1 aromatic carbocycles. The molecule has 2 aromatic rings. The van der Waals surface area contributed by atoms with E-state index >= 15 is 0 Å². The lowest BCUT2D eigenvalue weighted by Crippen LogP contribution is -2.38. The number of ether oxygens (including phenoxy) is 2. The Morgan fingerprint density at radius 3 is 2.66 bits per heavy atom. The maximum atomic E-state index is 5.61. The first kappa shape index (κ1) is 25.4. The molecule has 1 aromatic heterocycles. The fourth-order valence-corrected chi connectivity index (χ4v) is 2.50. The van der Waals surface area contributed by atoms with Gasteiger partial charge in [-0.3, -0.25) is 4.99 Å². The lowest BCUT2D eigenvalue weighted by atomic mass is 10.1. The molecule has 0 radical (unpaired) electrons. The van der Waals surface area contributed by atoms with E-state index in [1.54, 1.807) is 13.4 Å². The summed E-state index contributed by atoms with van der Waals surface area (Å²) in [7, 11) is 1.67. The number of benzene rings is 1. The molecule has 8 heteroatoms. The summed E-state index contributed by atoms with van der Waals surface area (Å²) in [6, 6.07) is 8.17. The minimum Gasteiger partial charge on any atom is -0.444 e. The smallest absolute Gasteiger partial charge is 0.226 e. The van der Waals surface area contributed by atoms with Crippen molar-refractivity contribution < 1.29 is 13.9 Å². The third-order valence-corrected chi connectivity index (χ3v) is 4.02. The van der Waals surface area contributed by atoms with Crippen LogP contribution in [0.3, 0.4) is 0 Å². The quantitative estimate of drug-likeness (QED) is 0.195. The Hall–Kier alpha value is -1.65. The zero-order chi connectivity index (χ0) is 20.0. The van der Waals surface area contributed by atoms with E-state index in [0.717, 1.165) is 43.1 Å². The summed E-state index contributed by atoms with van der Waals surface area (Å²) < 4.78 is 16.0. The number of rotatable bonds is 12. The summed E-state index contributed by atoms with van der Waals surface area (Å²) in [5.41, 5.74) is 3.13. The van der Waals surface area contributed by atoms with Crippen LogP contribution in [0.4, 0.5) is 0 Å². The largest absolute Gasteiger partial charge is 0.444 e. The van der Waals surface area contributed by atoms with Gasteiger partial charge < -0.3 is 24.5 Å². The monoisotopic (exact) mass is 516 g/mol. The summed E-state index contributed by atoms with van der Waals surface area (Å²) >= 11 is 0. The lowest BCUT2D eigenvalue weighted by Gasteiger charge is -2.10. The first-order valence-electron chi connectivity index (χ1n) is 9.83. The van der Waals surface area contributed by atoms with Gasteiger partial charge in [0, 0.05) is 45.3 Å². The number of nitrogens with one attached hydrogen (secondary N) is 2. The van der Waals surface area contributed by atoms with Gasteiger partial charge in [0.15, 0.2) is 5.96 Å². The van der Waals surface area contributed by atoms with Gasteiger partial charge in [-0.05, 0) is 32.4 Å². The van der Waals surface area contributed by atoms with Crippen molar-refractivity contribution in [3.05, 3.63) is 41.8 Å². The Labute approximate surface area is 190 Å². The molecule has 0 atom stereocenters. The first-order chi connectivity index (χ1) is 13.7. The highest BCUT2D eigenvalue weighted by Gasteiger charge is 2.07. The van der Waals surface area contributed by atoms with Crippen LogP contribution in [-0.4, -0.2) is 57.5 Å². The highest BCUT2D eigenvalue weighted by atomic mass is 127. The normalized spacial score (nSPS) is 11.2. The molecule has 7 nitrogen and oxygen atoms in total. The standard InChI is InChI=1S/C21H32N4O3.HI/c1-4-22-21(23-11-5-13-27-15-14-26-3)24-12-10-19-16-28-20(25-19)18-8-6-17(2)7-9-18;/h6-9,16H,4-5,10-15H2,1-3H3,(H2,22,23,24);1H. The number of hydrogen-bond donors (Lipinski definition) is 2. The number of guanidine groups is 1. The highest BCUT2D eigenvalue weighted by molar-refractivity contribution is 14.0. The van der Waals surface area contributed by atoms with Gasteiger partial charge >= 0.3 is 0 Å². The molecule has 2 N–H and O–H groups in total. The van der Waals surface area contributed by atoms with E-state index in [2.05, 4.69) is 46.6 Å². The molecule has 0 fully saturated rings. The van der Waals surface area contributed by atoms with E-state index in [9.17, 15) is 0 Å². The molecule has 0 aliphatic heterocycles. The van der Waals surface area contributed by atoms with Crippen LogP contribution in [0.2, 0.25) is 0 Å². The minimum atomic E-state index is 0. The van der Waals surface area contributed by atoms with Gasteiger partial charge in [-0.2, -0.15) is 0 Å². The third kappa shape index (κ3) is 10.1. The van der Waals surface area contributed by atoms with E-state index in [1.807, 2.05) is 12.1 Å². The average Bonchev–Trinajstić information content (AvgIpc) is 3.16. The van der Waals surface area contributed by atoms with Crippen molar-refractivity contribution in [3.63, 3.8) is 0 Å². The van der Waals surface area contributed by atoms with Crippen LogP contribution >= 0.6 is 24.0 Å². The summed E-state index contributed by atoms with van der Waals surface area (Å²) in [4.78, 5) is 9.13. The molecule has 0 bridgehead atoms. The zero-order valence-electron chi connectivity index (χ0n) is 17.6. The Morgan fingerprint density at radius 2 is 1.93 bits per heavy atom. The maximum Gasteiger partial charge on any atom is 0.226 e. The zero-order valence-corrected chi connectivity index (χ0v) is 19.9. The average molecular weight is 516 g/mol. The summed E-state index contributed by atoms with van der Waals surface area (Å²) in [5, 5.41) is 6.58. The second kappa shape index (κ2) is 15.2. The molecular weight excluding hydrogens is 483 g/mol. The molecule has 0 spiro atoms. The van der Waals surface area contributed by atoms with Gasteiger partial charge in [0.05, 0.1) is 18.9 Å². The van der Waals surface area contributed by atoms with E-state index in [-0.39, 0.29) is 24.0 Å². The molecule has 0 aliphatic rings. The predicted molar refractivity (Wildman–Crippen MR) is 127 cm³/mol. The van der Waals surface area contributed by atoms with Crippen LogP contribution in [0.15, 0.2) is 39.9 Å².